The number of benzene rings is 4. The summed E-state index contributed by atoms with van der Waals surface area (Å²) in [5, 5.41) is -0.122. The first-order chi connectivity index (χ1) is 24.6. The van der Waals surface area contributed by atoms with E-state index in [2.05, 4.69) is 91.9 Å². The van der Waals surface area contributed by atoms with E-state index in [0.29, 0.717) is 18.8 Å². The average Bonchev–Trinajstić information content (AvgIpc) is 3.10. The molecule has 278 valence electrons. The highest BCUT2D eigenvalue weighted by Crippen LogP contribution is 2.44. The van der Waals surface area contributed by atoms with Gasteiger partial charge in [-0.1, -0.05) is 144 Å². The van der Waals surface area contributed by atoms with Crippen molar-refractivity contribution in [2.24, 2.45) is 0 Å². The van der Waals surface area contributed by atoms with E-state index in [0.717, 1.165) is 21.6 Å². The molecular formula is C44H56O6SSi. The Labute approximate surface area is 316 Å². The second kappa shape index (κ2) is 17.3. The number of carbonyl (C=O) groups is 1. The topological polar surface area (TPSA) is 63.2 Å². The normalized spacial score (nSPS) is 21.1. The lowest BCUT2D eigenvalue weighted by atomic mass is 9.87. The maximum absolute atomic E-state index is 14.0. The van der Waals surface area contributed by atoms with Crippen molar-refractivity contribution in [2.45, 2.75) is 120 Å². The Kier molecular flexibility index (Phi) is 13.3. The average molecular weight is 741 g/mol. The fourth-order valence-electron chi connectivity index (χ4n) is 5.80. The van der Waals surface area contributed by atoms with Crippen LogP contribution in [0.1, 0.15) is 74.2 Å². The van der Waals surface area contributed by atoms with Crippen LogP contribution < -0.4 is 0 Å². The molecule has 8 heteroatoms. The molecule has 1 aliphatic heterocycles. The monoisotopic (exact) mass is 740 g/mol. The molecule has 1 saturated heterocycles. The molecule has 0 N–H and O–H groups in total. The van der Waals surface area contributed by atoms with Crippen LogP contribution in [0.4, 0.5) is 0 Å². The van der Waals surface area contributed by atoms with E-state index in [1.807, 2.05) is 66.7 Å². The molecular weight excluding hydrogens is 685 g/mol. The molecule has 4 aromatic rings. The highest BCUT2D eigenvalue weighted by molar-refractivity contribution is 7.99. The van der Waals surface area contributed by atoms with Crippen LogP contribution >= 0.6 is 11.8 Å². The molecule has 1 aliphatic rings. The van der Waals surface area contributed by atoms with E-state index in [1.54, 1.807) is 23.9 Å². The Bertz CT molecular complexity index is 1720. The first-order valence-electron chi connectivity index (χ1n) is 18.3. The minimum atomic E-state index is -2.47. The Hall–Kier alpha value is -3.24. The van der Waals surface area contributed by atoms with Gasteiger partial charge in [0.05, 0.1) is 25.4 Å². The quantitative estimate of drug-likeness (QED) is 0.0999. The summed E-state index contributed by atoms with van der Waals surface area (Å²) < 4.78 is 34.2. The Balaban J connectivity index is 1.59. The molecule has 52 heavy (non-hydrogen) atoms. The van der Waals surface area contributed by atoms with Crippen LogP contribution in [0.2, 0.25) is 18.1 Å². The SMILES string of the molecule is Cc1ccc(C(C)(C)C)cc1S[C@@H]1O[C@H](COCc2ccccc2)[C@@H](OCc2ccccc2)[C@H](O[Si](C)(C)C(C)(C)C)[C@H]1OC(=O)c1ccccc1. The van der Waals surface area contributed by atoms with Crippen molar-refractivity contribution in [1.82, 2.24) is 0 Å². The molecule has 0 unspecified atom stereocenters. The van der Waals surface area contributed by atoms with Gasteiger partial charge in [-0.15, -0.1) is 0 Å². The summed E-state index contributed by atoms with van der Waals surface area (Å²) in [6.07, 6.45) is -2.55. The van der Waals surface area contributed by atoms with Crippen LogP contribution in [-0.2, 0) is 42.0 Å². The molecule has 0 radical (unpaired) electrons. The van der Waals surface area contributed by atoms with Gasteiger partial charge in [-0.2, -0.15) is 0 Å². The number of hydrogen-bond acceptors (Lipinski definition) is 7. The summed E-state index contributed by atoms with van der Waals surface area (Å²) in [5.74, 6) is -0.426. The smallest absolute Gasteiger partial charge is 0.338 e. The van der Waals surface area contributed by atoms with Gasteiger partial charge in [0.25, 0.3) is 0 Å². The third-order valence-corrected chi connectivity index (χ3v) is 15.8. The number of hydrogen-bond donors (Lipinski definition) is 0. The summed E-state index contributed by atoms with van der Waals surface area (Å²) in [7, 11) is -2.47. The molecule has 5 atom stereocenters. The van der Waals surface area contributed by atoms with Gasteiger partial charge in [0.1, 0.15) is 23.7 Å². The fraction of sp³-hybridized carbons (Fsp3) is 0.432. The number of rotatable bonds is 13. The molecule has 0 aliphatic carbocycles. The second-order valence-electron chi connectivity index (χ2n) is 16.2. The zero-order valence-electron chi connectivity index (χ0n) is 32.3. The zero-order chi connectivity index (χ0) is 37.5. The Morgan fingerprint density at radius 1 is 0.750 bits per heavy atom. The van der Waals surface area contributed by atoms with E-state index in [1.165, 1.54) is 5.56 Å². The van der Waals surface area contributed by atoms with Gasteiger partial charge >= 0.3 is 5.97 Å². The summed E-state index contributed by atoms with van der Waals surface area (Å²) in [4.78, 5) is 15.0. The molecule has 0 saturated carbocycles. The van der Waals surface area contributed by atoms with Crippen molar-refractivity contribution in [3.8, 4) is 0 Å². The van der Waals surface area contributed by atoms with Gasteiger partial charge in [-0.25, -0.2) is 4.79 Å². The number of ether oxygens (including phenoxy) is 4. The summed E-state index contributed by atoms with van der Waals surface area (Å²) >= 11 is 1.58. The molecule has 0 amide bonds. The van der Waals surface area contributed by atoms with Gasteiger partial charge < -0.3 is 23.4 Å². The van der Waals surface area contributed by atoms with Gasteiger partial charge in [0.15, 0.2) is 14.4 Å². The molecule has 0 spiro atoms. The minimum absolute atomic E-state index is 0.0478. The van der Waals surface area contributed by atoms with E-state index in [-0.39, 0.29) is 17.1 Å². The van der Waals surface area contributed by atoms with E-state index in [9.17, 15) is 4.79 Å². The van der Waals surface area contributed by atoms with E-state index >= 15 is 0 Å². The van der Waals surface area contributed by atoms with E-state index in [4.69, 9.17) is 23.4 Å². The highest BCUT2D eigenvalue weighted by Gasteiger charge is 2.53. The number of esters is 1. The maximum Gasteiger partial charge on any atom is 0.338 e. The standard InChI is InChI=1S/C44H56O6SSi/c1-31-25-26-35(43(2,3)4)27-37(31)51-42-40(49-41(45)34-23-17-12-18-24-34)39(50-52(8,9)44(5,6)7)38(47-29-33-21-15-11-16-22-33)36(48-42)30-46-28-32-19-13-10-14-20-32/h10-27,36,38-40,42H,28-30H2,1-9H3/t36-,38-,39+,40-,42+/m1/s1. The Morgan fingerprint density at radius 2 is 1.33 bits per heavy atom. The van der Waals surface area contributed by atoms with Crippen molar-refractivity contribution < 1.29 is 28.2 Å². The predicted octanol–water partition coefficient (Wildman–Crippen LogP) is 10.5. The number of thioether (sulfide) groups is 1. The fourth-order valence-corrected chi connectivity index (χ4v) is 8.35. The lowest BCUT2D eigenvalue weighted by Crippen LogP contribution is -2.63. The van der Waals surface area contributed by atoms with Crippen molar-refractivity contribution in [3.63, 3.8) is 0 Å². The van der Waals surface area contributed by atoms with Gasteiger partial charge in [0.2, 0.25) is 0 Å². The van der Waals surface area contributed by atoms with Crippen LogP contribution in [0.25, 0.3) is 0 Å². The lowest BCUT2D eigenvalue weighted by Gasteiger charge is -2.49. The molecule has 1 fully saturated rings. The van der Waals surface area contributed by atoms with Crippen LogP contribution in [-0.4, -0.2) is 50.7 Å². The molecule has 4 aromatic carbocycles. The summed E-state index contributed by atoms with van der Waals surface area (Å²) in [5.41, 5.74) is 4.25. The van der Waals surface area contributed by atoms with Crippen molar-refractivity contribution >= 4 is 26.0 Å². The van der Waals surface area contributed by atoms with Gasteiger partial charge in [0, 0.05) is 4.90 Å². The van der Waals surface area contributed by atoms with Gasteiger partial charge in [-0.3, -0.25) is 0 Å². The third kappa shape index (κ3) is 10.5. The van der Waals surface area contributed by atoms with Crippen LogP contribution in [0.5, 0.6) is 0 Å². The third-order valence-electron chi connectivity index (χ3n) is 10.1. The number of aryl methyl sites for hydroxylation is 1. The largest absolute Gasteiger partial charge is 0.452 e. The first-order valence-corrected chi connectivity index (χ1v) is 22.1. The Morgan fingerprint density at radius 3 is 1.90 bits per heavy atom. The summed E-state index contributed by atoms with van der Waals surface area (Å²) in [6, 6.07) is 35.9. The zero-order valence-corrected chi connectivity index (χ0v) is 34.1. The highest BCUT2D eigenvalue weighted by atomic mass is 32.2. The molecule has 0 bridgehead atoms. The molecule has 1 heterocycles. The van der Waals surface area contributed by atoms with Crippen molar-refractivity contribution in [2.75, 3.05) is 6.61 Å². The van der Waals surface area contributed by atoms with Gasteiger partial charge in [-0.05, 0) is 70.9 Å². The van der Waals surface area contributed by atoms with Crippen LogP contribution in [0, 0.1) is 6.92 Å². The second-order valence-corrected chi connectivity index (χ2v) is 22.1. The van der Waals surface area contributed by atoms with Crippen LogP contribution in [0.3, 0.4) is 0 Å². The lowest BCUT2D eigenvalue weighted by molar-refractivity contribution is -0.224. The first kappa shape index (κ1) is 40.0. The summed E-state index contributed by atoms with van der Waals surface area (Å²) in [6.45, 7) is 20.9. The molecule has 0 aromatic heterocycles. The number of carbonyl (C=O) groups excluding carboxylic acids is 1. The molecule has 6 nitrogen and oxygen atoms in total. The minimum Gasteiger partial charge on any atom is -0.452 e. The van der Waals surface area contributed by atoms with Crippen molar-refractivity contribution in [3.05, 3.63) is 137 Å². The maximum atomic E-state index is 14.0. The van der Waals surface area contributed by atoms with E-state index < -0.39 is 44.1 Å². The molecule has 5 rings (SSSR count). The van der Waals surface area contributed by atoms with Crippen LogP contribution in [0.15, 0.2) is 114 Å². The predicted molar refractivity (Wildman–Crippen MR) is 213 cm³/mol. The van der Waals surface area contributed by atoms with Crippen molar-refractivity contribution in [1.29, 1.82) is 0 Å².